The van der Waals surface area contributed by atoms with E-state index in [-0.39, 0.29) is 17.6 Å². The molecule has 2 unspecified atom stereocenters. The second kappa shape index (κ2) is 12.2. The van der Waals surface area contributed by atoms with Crippen LogP contribution in [0.15, 0.2) is 0 Å². The number of alkyl halides is 1. The number of hydrogen-bond acceptors (Lipinski definition) is 6. The number of nitrogens with zero attached hydrogens (tertiary/aromatic N) is 1. The zero-order valence-electron chi connectivity index (χ0n) is 20.5. The summed E-state index contributed by atoms with van der Waals surface area (Å²) in [6, 6.07) is -3.32. The van der Waals surface area contributed by atoms with Crippen LogP contribution in [0.5, 0.6) is 0 Å². The van der Waals surface area contributed by atoms with E-state index < -0.39 is 53.6 Å². The zero-order chi connectivity index (χ0) is 25.5. The number of likely N-dealkylation sites (tertiary alicyclic amines) is 1. The van der Waals surface area contributed by atoms with Crippen LogP contribution >= 0.6 is 11.6 Å². The number of hydrogen-bond donors (Lipinski definition) is 3. The third-order valence-corrected chi connectivity index (χ3v) is 5.40. The van der Waals surface area contributed by atoms with Crippen molar-refractivity contribution in [3.05, 3.63) is 0 Å². The van der Waals surface area contributed by atoms with Crippen molar-refractivity contribution in [3.63, 3.8) is 0 Å². The quantitative estimate of drug-likeness (QED) is 0.419. The molecule has 1 heterocycles. The van der Waals surface area contributed by atoms with E-state index in [9.17, 15) is 24.0 Å². The summed E-state index contributed by atoms with van der Waals surface area (Å²) in [5.74, 6) is -2.10. The van der Waals surface area contributed by atoms with Crippen LogP contribution in [-0.4, -0.2) is 76.7 Å². The average molecular weight is 489 g/mol. The third kappa shape index (κ3) is 8.83. The van der Waals surface area contributed by atoms with E-state index in [0.29, 0.717) is 19.4 Å². The average Bonchev–Trinajstić information content (AvgIpc) is 3.18. The number of Topliss-reactive ketones (excluding diaryl/α,β-unsaturated/α-hetero) is 1. The van der Waals surface area contributed by atoms with Crippen LogP contribution in [-0.2, 0) is 23.9 Å². The fraction of sp³-hybridized carbons (Fsp3) is 0.773. The number of carbonyl (C=O) groups excluding carboxylic acids is 5. The molecule has 1 aliphatic rings. The van der Waals surface area contributed by atoms with Gasteiger partial charge in [-0.2, -0.15) is 0 Å². The van der Waals surface area contributed by atoms with Gasteiger partial charge in [-0.1, -0.05) is 13.8 Å². The maximum Gasteiger partial charge on any atom is 0.408 e. The monoisotopic (exact) mass is 488 g/mol. The highest BCUT2D eigenvalue weighted by molar-refractivity contribution is 6.28. The molecule has 0 spiro atoms. The van der Waals surface area contributed by atoms with Crippen molar-refractivity contribution in [2.45, 2.75) is 91.1 Å². The number of nitrogens with one attached hydrogen (secondary N) is 3. The van der Waals surface area contributed by atoms with Crippen molar-refractivity contribution in [1.29, 1.82) is 0 Å². The molecule has 4 atom stereocenters. The van der Waals surface area contributed by atoms with Gasteiger partial charge in [-0.25, -0.2) is 4.79 Å². The van der Waals surface area contributed by atoms with Crippen LogP contribution in [0.4, 0.5) is 4.79 Å². The summed E-state index contributed by atoms with van der Waals surface area (Å²) in [4.78, 5) is 63.5. The molecule has 1 aliphatic heterocycles. The largest absolute Gasteiger partial charge is 0.444 e. The minimum atomic E-state index is -0.920. The summed E-state index contributed by atoms with van der Waals surface area (Å²) < 4.78 is 5.17. The Morgan fingerprint density at radius 3 is 2.12 bits per heavy atom. The molecule has 0 aromatic carbocycles. The Kier molecular flexibility index (Phi) is 10.6. The number of alkyl carbamates (subject to hydrolysis) is 1. The van der Waals surface area contributed by atoms with Gasteiger partial charge < -0.3 is 25.6 Å². The van der Waals surface area contributed by atoms with Crippen molar-refractivity contribution < 1.29 is 28.7 Å². The molecule has 0 aliphatic carbocycles. The molecule has 3 N–H and O–H groups in total. The van der Waals surface area contributed by atoms with Gasteiger partial charge in [-0.05, 0) is 53.4 Å². The lowest BCUT2D eigenvalue weighted by atomic mass is 10.0. The maximum atomic E-state index is 12.9. The number of halogens is 1. The van der Waals surface area contributed by atoms with Gasteiger partial charge in [0.05, 0.1) is 11.9 Å². The van der Waals surface area contributed by atoms with E-state index in [4.69, 9.17) is 16.3 Å². The standard InChI is InChI=1S/C22H37ClN4O6/c1-12(2)17(16(28)11-23)26-18(29)13(3)24-19(30)15-9-8-10-27(15)20(31)14(4)25-21(32)33-22(5,6)7/h12-15,17H,8-11H2,1-7H3,(H,24,30)(H,25,32)(H,26,29)/t13-,14+,15?,17?/m0/s1. The predicted molar refractivity (Wildman–Crippen MR) is 124 cm³/mol. The molecule has 10 nitrogen and oxygen atoms in total. The lowest BCUT2D eigenvalue weighted by Crippen LogP contribution is -2.56. The molecule has 1 rings (SSSR count). The minimum Gasteiger partial charge on any atom is -0.444 e. The summed E-state index contributed by atoms with van der Waals surface area (Å²) in [6.45, 7) is 12.1. The molecule has 0 saturated carbocycles. The first kappa shape index (κ1) is 28.7. The second-order valence-corrected chi connectivity index (χ2v) is 9.89. The van der Waals surface area contributed by atoms with Gasteiger partial charge in [0.1, 0.15) is 23.7 Å². The molecule has 0 aromatic heterocycles. The van der Waals surface area contributed by atoms with Gasteiger partial charge in [-0.15, -0.1) is 11.6 Å². The lowest BCUT2D eigenvalue weighted by molar-refractivity contribution is -0.140. The molecular formula is C22H37ClN4O6. The normalized spacial score (nSPS) is 18.8. The van der Waals surface area contributed by atoms with Crippen LogP contribution in [0.3, 0.4) is 0 Å². The Bertz CT molecular complexity index is 752. The number of rotatable bonds is 9. The van der Waals surface area contributed by atoms with Crippen molar-refractivity contribution in [2.24, 2.45) is 5.92 Å². The molecule has 1 saturated heterocycles. The number of carbonyl (C=O) groups is 5. The van der Waals surface area contributed by atoms with Crippen molar-refractivity contribution in [1.82, 2.24) is 20.9 Å². The maximum absolute atomic E-state index is 12.9. The molecular weight excluding hydrogens is 452 g/mol. The van der Waals surface area contributed by atoms with Crippen molar-refractivity contribution in [3.8, 4) is 0 Å². The topological polar surface area (TPSA) is 134 Å². The predicted octanol–water partition coefficient (Wildman–Crippen LogP) is 1.34. The Balaban J connectivity index is 2.73. The van der Waals surface area contributed by atoms with Crippen LogP contribution in [0.1, 0.15) is 61.3 Å². The minimum absolute atomic E-state index is 0.162. The van der Waals surface area contributed by atoms with E-state index >= 15 is 0 Å². The first-order valence-electron chi connectivity index (χ1n) is 11.2. The highest BCUT2D eigenvalue weighted by Crippen LogP contribution is 2.19. The van der Waals surface area contributed by atoms with Crippen LogP contribution in [0.25, 0.3) is 0 Å². The molecule has 0 bridgehead atoms. The fourth-order valence-electron chi connectivity index (χ4n) is 3.45. The Labute approximate surface area is 200 Å². The summed E-state index contributed by atoms with van der Waals surface area (Å²) in [6.07, 6.45) is 0.327. The lowest BCUT2D eigenvalue weighted by Gasteiger charge is -2.29. The molecule has 33 heavy (non-hydrogen) atoms. The Morgan fingerprint density at radius 1 is 1.00 bits per heavy atom. The van der Waals surface area contributed by atoms with E-state index in [1.165, 1.54) is 18.7 Å². The summed E-state index contributed by atoms with van der Waals surface area (Å²) in [5.41, 5.74) is -0.706. The molecule has 0 aromatic rings. The van der Waals surface area contributed by atoms with Gasteiger partial charge in [0.25, 0.3) is 0 Å². The van der Waals surface area contributed by atoms with Gasteiger partial charge in [0.2, 0.25) is 17.7 Å². The van der Waals surface area contributed by atoms with E-state index in [1.807, 2.05) is 0 Å². The number of amides is 4. The van der Waals surface area contributed by atoms with E-state index in [0.717, 1.165) is 0 Å². The Hall–Kier alpha value is -2.36. The summed E-state index contributed by atoms with van der Waals surface area (Å²) >= 11 is 5.62. The molecule has 188 valence electrons. The highest BCUT2D eigenvalue weighted by atomic mass is 35.5. The Morgan fingerprint density at radius 2 is 1.61 bits per heavy atom. The van der Waals surface area contributed by atoms with E-state index in [1.54, 1.807) is 34.6 Å². The molecule has 11 heteroatoms. The third-order valence-electron chi connectivity index (χ3n) is 5.14. The van der Waals surface area contributed by atoms with Crippen molar-refractivity contribution >= 4 is 41.2 Å². The fourth-order valence-corrected chi connectivity index (χ4v) is 3.62. The van der Waals surface area contributed by atoms with Crippen LogP contribution in [0.2, 0.25) is 0 Å². The van der Waals surface area contributed by atoms with E-state index in [2.05, 4.69) is 16.0 Å². The summed E-state index contributed by atoms with van der Waals surface area (Å²) in [7, 11) is 0. The SMILES string of the molecule is CC(C)C(NC(=O)[C@H](C)NC(=O)C1CCCN1C(=O)[C@@H](C)NC(=O)OC(C)(C)C)C(=O)CCl. The smallest absolute Gasteiger partial charge is 0.408 e. The van der Waals surface area contributed by atoms with Crippen LogP contribution < -0.4 is 16.0 Å². The van der Waals surface area contributed by atoms with Gasteiger partial charge in [-0.3, -0.25) is 19.2 Å². The molecule has 4 amide bonds. The van der Waals surface area contributed by atoms with Gasteiger partial charge in [0, 0.05) is 6.54 Å². The van der Waals surface area contributed by atoms with Gasteiger partial charge >= 0.3 is 6.09 Å². The second-order valence-electron chi connectivity index (χ2n) is 9.62. The zero-order valence-corrected chi connectivity index (χ0v) is 21.2. The summed E-state index contributed by atoms with van der Waals surface area (Å²) in [5, 5.41) is 7.73. The first-order chi connectivity index (χ1) is 15.2. The molecule has 1 fully saturated rings. The van der Waals surface area contributed by atoms with Crippen LogP contribution in [0, 0.1) is 5.92 Å². The van der Waals surface area contributed by atoms with Gasteiger partial charge in [0.15, 0.2) is 5.78 Å². The molecule has 0 radical (unpaired) electrons. The number of ether oxygens (including phenoxy) is 1. The van der Waals surface area contributed by atoms with Crippen molar-refractivity contribution in [2.75, 3.05) is 12.4 Å². The number of ketones is 1. The first-order valence-corrected chi connectivity index (χ1v) is 11.7. The highest BCUT2D eigenvalue weighted by Gasteiger charge is 2.37.